The Balaban J connectivity index is 1.61. The number of nitrogens with one attached hydrogen (secondary N) is 2. The van der Waals surface area contributed by atoms with E-state index in [0.29, 0.717) is 24.3 Å². The number of ether oxygens (including phenoxy) is 1. The van der Waals surface area contributed by atoms with Gasteiger partial charge in [-0.15, -0.1) is 0 Å². The molecule has 140 valence electrons. The van der Waals surface area contributed by atoms with Crippen molar-refractivity contribution < 1.29 is 9.53 Å². The van der Waals surface area contributed by atoms with Crippen molar-refractivity contribution in [2.75, 3.05) is 6.54 Å². The lowest BCUT2D eigenvalue weighted by Gasteiger charge is -2.14. The summed E-state index contributed by atoms with van der Waals surface area (Å²) in [6, 6.07) is 15.2. The lowest BCUT2D eigenvalue weighted by atomic mass is 10.0. The highest BCUT2D eigenvalue weighted by Crippen LogP contribution is 2.17. The zero-order chi connectivity index (χ0) is 19.4. The van der Waals surface area contributed by atoms with Crippen molar-refractivity contribution in [1.29, 1.82) is 0 Å². The number of hydrogen-bond acceptors (Lipinski definition) is 3. The van der Waals surface area contributed by atoms with E-state index >= 15 is 0 Å². The number of fused-ring (bicyclic) bond motifs is 1. The average molecular weight is 364 g/mol. The Morgan fingerprint density at radius 1 is 1.11 bits per heavy atom. The monoisotopic (exact) mass is 364 g/mol. The second-order valence-electron chi connectivity index (χ2n) is 6.76. The van der Waals surface area contributed by atoms with E-state index in [-0.39, 0.29) is 11.5 Å². The zero-order valence-corrected chi connectivity index (χ0v) is 15.8. The minimum Gasteiger partial charge on any atom is -0.481 e. The molecule has 1 aromatic heterocycles. The third-order valence-corrected chi connectivity index (χ3v) is 4.65. The number of aromatic amines is 1. The lowest BCUT2D eigenvalue weighted by molar-refractivity contribution is -0.127. The summed E-state index contributed by atoms with van der Waals surface area (Å²) in [5.74, 6) is 0.444. The molecular weight excluding hydrogens is 340 g/mol. The molecule has 0 radical (unpaired) electrons. The minimum absolute atomic E-state index is 0.117. The molecule has 1 atom stereocenters. The quantitative estimate of drug-likeness (QED) is 0.705. The van der Waals surface area contributed by atoms with Crippen molar-refractivity contribution in [2.24, 2.45) is 0 Å². The third kappa shape index (κ3) is 4.56. The number of hydrogen-bond donors (Lipinski definition) is 2. The van der Waals surface area contributed by atoms with Gasteiger partial charge in [0.25, 0.3) is 11.5 Å². The van der Waals surface area contributed by atoms with E-state index in [2.05, 4.69) is 16.4 Å². The first-order chi connectivity index (χ1) is 12.9. The van der Waals surface area contributed by atoms with Crippen LogP contribution in [0.15, 0.2) is 53.3 Å². The number of carbonyl (C=O) groups excluding carboxylic acids is 1. The number of carbonyl (C=O) groups is 1. The summed E-state index contributed by atoms with van der Waals surface area (Å²) in [5.41, 5.74) is 3.70. The van der Waals surface area contributed by atoms with Gasteiger partial charge in [-0.2, -0.15) is 0 Å². The van der Waals surface area contributed by atoms with Crippen LogP contribution < -0.4 is 15.6 Å². The standard InChI is InChI=1S/C22H24N2O3/c1-14-11-18-13-17(22(26)24-20(18)12-15(14)2)9-10-23-21(25)16(3)27-19-7-5-4-6-8-19/h4-8,11-13,16H,9-10H2,1-3H3,(H,23,25)(H,24,26). The Labute approximate surface area is 158 Å². The summed E-state index contributed by atoms with van der Waals surface area (Å²) in [5, 5.41) is 3.83. The first-order valence-corrected chi connectivity index (χ1v) is 9.06. The Morgan fingerprint density at radius 3 is 2.56 bits per heavy atom. The molecule has 5 nitrogen and oxygen atoms in total. The maximum absolute atomic E-state index is 12.3. The molecule has 2 aromatic carbocycles. The highest BCUT2D eigenvalue weighted by Gasteiger charge is 2.14. The van der Waals surface area contributed by atoms with Gasteiger partial charge in [0.1, 0.15) is 5.75 Å². The van der Waals surface area contributed by atoms with Gasteiger partial charge in [-0.05, 0) is 74.0 Å². The number of aromatic nitrogens is 1. The zero-order valence-electron chi connectivity index (χ0n) is 15.8. The summed E-state index contributed by atoms with van der Waals surface area (Å²) in [6.07, 6.45) is -0.143. The first-order valence-electron chi connectivity index (χ1n) is 9.06. The van der Waals surface area contributed by atoms with Crippen LogP contribution >= 0.6 is 0 Å². The topological polar surface area (TPSA) is 71.2 Å². The van der Waals surface area contributed by atoms with Gasteiger partial charge in [0.05, 0.1) is 0 Å². The molecule has 1 amide bonds. The van der Waals surface area contributed by atoms with Crippen molar-refractivity contribution in [1.82, 2.24) is 10.3 Å². The van der Waals surface area contributed by atoms with Crippen molar-refractivity contribution in [3.05, 3.63) is 75.6 Å². The fourth-order valence-electron chi connectivity index (χ4n) is 2.93. The van der Waals surface area contributed by atoms with Gasteiger partial charge < -0.3 is 15.0 Å². The van der Waals surface area contributed by atoms with Crippen molar-refractivity contribution >= 4 is 16.8 Å². The maximum atomic E-state index is 12.3. The number of aryl methyl sites for hydroxylation is 2. The van der Waals surface area contributed by atoms with Gasteiger partial charge in [0.15, 0.2) is 6.10 Å². The van der Waals surface area contributed by atoms with Crippen LogP contribution in [0.4, 0.5) is 0 Å². The van der Waals surface area contributed by atoms with E-state index in [0.717, 1.165) is 16.5 Å². The van der Waals surface area contributed by atoms with Gasteiger partial charge >= 0.3 is 0 Å². The molecule has 1 unspecified atom stereocenters. The summed E-state index contributed by atoms with van der Waals surface area (Å²) in [6.45, 7) is 6.15. The smallest absolute Gasteiger partial charge is 0.260 e. The molecule has 0 saturated carbocycles. The van der Waals surface area contributed by atoms with E-state index in [1.165, 1.54) is 5.56 Å². The highest BCUT2D eigenvalue weighted by atomic mass is 16.5. The van der Waals surface area contributed by atoms with Crippen molar-refractivity contribution in [3.8, 4) is 5.75 Å². The Morgan fingerprint density at radius 2 is 1.81 bits per heavy atom. The molecule has 3 aromatic rings. The largest absolute Gasteiger partial charge is 0.481 e. The molecule has 0 fully saturated rings. The Hall–Kier alpha value is -3.08. The molecule has 27 heavy (non-hydrogen) atoms. The van der Waals surface area contributed by atoms with Gasteiger partial charge in [-0.3, -0.25) is 9.59 Å². The van der Waals surface area contributed by atoms with E-state index in [1.54, 1.807) is 6.92 Å². The number of pyridine rings is 1. The second kappa shape index (κ2) is 8.08. The van der Waals surface area contributed by atoms with Crippen LogP contribution in [0.5, 0.6) is 5.75 Å². The second-order valence-corrected chi connectivity index (χ2v) is 6.76. The number of H-pyrrole nitrogens is 1. The van der Waals surface area contributed by atoms with E-state index in [4.69, 9.17) is 4.74 Å². The summed E-state index contributed by atoms with van der Waals surface area (Å²) < 4.78 is 5.60. The predicted molar refractivity (Wildman–Crippen MR) is 107 cm³/mol. The van der Waals surface area contributed by atoms with Crippen LogP contribution in [-0.2, 0) is 11.2 Å². The fraction of sp³-hybridized carbons (Fsp3) is 0.273. The molecule has 0 bridgehead atoms. The molecule has 0 aliphatic heterocycles. The van der Waals surface area contributed by atoms with Gasteiger partial charge in [-0.1, -0.05) is 18.2 Å². The number of benzene rings is 2. The van der Waals surface area contributed by atoms with E-state index in [9.17, 15) is 9.59 Å². The average Bonchev–Trinajstić information content (AvgIpc) is 2.64. The number of rotatable bonds is 6. The number of amides is 1. The normalized spacial score (nSPS) is 12.0. The van der Waals surface area contributed by atoms with Crippen molar-refractivity contribution in [3.63, 3.8) is 0 Å². The van der Waals surface area contributed by atoms with Crippen LogP contribution in [-0.4, -0.2) is 23.5 Å². The Bertz CT molecular complexity index is 1010. The molecule has 3 rings (SSSR count). The molecule has 5 heteroatoms. The molecular formula is C22H24N2O3. The molecule has 0 saturated heterocycles. The molecule has 1 heterocycles. The lowest BCUT2D eigenvalue weighted by Crippen LogP contribution is -2.37. The van der Waals surface area contributed by atoms with Crippen LogP contribution in [0.2, 0.25) is 0 Å². The fourth-order valence-corrected chi connectivity index (χ4v) is 2.93. The van der Waals surface area contributed by atoms with Crippen LogP contribution in [0.25, 0.3) is 10.9 Å². The molecule has 0 aliphatic rings. The first kappa shape index (κ1) is 18.7. The van der Waals surface area contributed by atoms with Crippen LogP contribution in [0.1, 0.15) is 23.6 Å². The van der Waals surface area contributed by atoms with Gasteiger partial charge in [0.2, 0.25) is 0 Å². The molecule has 0 spiro atoms. The Kier molecular flexibility index (Phi) is 5.60. The van der Waals surface area contributed by atoms with Crippen molar-refractivity contribution in [2.45, 2.75) is 33.3 Å². The SMILES string of the molecule is Cc1cc2cc(CCNC(=O)C(C)Oc3ccccc3)c(=O)[nH]c2cc1C. The van der Waals surface area contributed by atoms with Crippen LogP contribution in [0.3, 0.4) is 0 Å². The predicted octanol–water partition coefficient (Wildman–Crippen LogP) is 3.27. The van der Waals surface area contributed by atoms with Gasteiger partial charge in [0, 0.05) is 17.6 Å². The summed E-state index contributed by atoms with van der Waals surface area (Å²) in [4.78, 5) is 27.4. The number of para-hydroxylation sites is 1. The highest BCUT2D eigenvalue weighted by molar-refractivity contribution is 5.81. The van der Waals surface area contributed by atoms with Crippen LogP contribution in [0, 0.1) is 13.8 Å². The van der Waals surface area contributed by atoms with E-state index in [1.807, 2.05) is 56.3 Å². The third-order valence-electron chi connectivity index (χ3n) is 4.65. The summed E-state index contributed by atoms with van der Waals surface area (Å²) >= 11 is 0. The van der Waals surface area contributed by atoms with Gasteiger partial charge in [-0.25, -0.2) is 0 Å². The molecule has 2 N–H and O–H groups in total. The minimum atomic E-state index is -0.604. The summed E-state index contributed by atoms with van der Waals surface area (Å²) in [7, 11) is 0. The molecule has 0 aliphatic carbocycles. The van der Waals surface area contributed by atoms with E-state index < -0.39 is 6.10 Å². The maximum Gasteiger partial charge on any atom is 0.260 e.